The number of rotatable bonds is 7. The van der Waals surface area contributed by atoms with Gasteiger partial charge in [-0.05, 0) is 46.5 Å². The lowest BCUT2D eigenvalue weighted by molar-refractivity contribution is -0.139. The van der Waals surface area contributed by atoms with Crippen molar-refractivity contribution in [3.63, 3.8) is 0 Å². The van der Waals surface area contributed by atoms with Crippen molar-refractivity contribution >= 4 is 70.0 Å². The fourth-order valence-corrected chi connectivity index (χ4v) is 4.12. The number of aromatic nitrogens is 1. The van der Waals surface area contributed by atoms with E-state index in [1.54, 1.807) is 24.3 Å². The lowest BCUT2D eigenvalue weighted by Crippen LogP contribution is -2.24. The van der Waals surface area contributed by atoms with Crippen LogP contribution in [-0.4, -0.2) is 17.1 Å². The molecule has 1 heterocycles. The second-order valence-electron chi connectivity index (χ2n) is 7.47. The van der Waals surface area contributed by atoms with E-state index < -0.39 is 12.1 Å². The van der Waals surface area contributed by atoms with Gasteiger partial charge in [-0.3, -0.25) is 4.79 Å². The Morgan fingerprint density at radius 2 is 1.66 bits per heavy atom. The molecule has 3 aromatic rings. The van der Waals surface area contributed by atoms with Gasteiger partial charge in [0.25, 0.3) is 0 Å². The number of pyridine rings is 1. The maximum absolute atomic E-state index is 13.7. The maximum Gasteiger partial charge on any atom is 0.399 e. The van der Waals surface area contributed by atoms with Crippen LogP contribution >= 0.6 is 58.0 Å². The van der Waals surface area contributed by atoms with E-state index in [1.807, 2.05) is 0 Å². The quantitative estimate of drug-likeness (QED) is 0.224. The Morgan fingerprint density at radius 1 is 0.971 bits per heavy atom. The van der Waals surface area contributed by atoms with Crippen LogP contribution in [0.5, 0.6) is 0 Å². The molecule has 0 saturated heterocycles. The molecule has 0 radical (unpaired) electrons. The zero-order valence-corrected chi connectivity index (χ0v) is 21.4. The Bertz CT molecular complexity index is 1220. The summed E-state index contributed by atoms with van der Waals surface area (Å²) in [6, 6.07) is 10.3. The van der Waals surface area contributed by atoms with Crippen LogP contribution in [0.3, 0.4) is 0 Å². The molecule has 1 unspecified atom stereocenters. The first-order chi connectivity index (χ1) is 16.4. The zero-order valence-electron chi connectivity index (χ0n) is 17.6. The smallest absolute Gasteiger partial charge is 0.352 e. The summed E-state index contributed by atoms with van der Waals surface area (Å²) in [7, 11) is 0. The van der Waals surface area contributed by atoms with Gasteiger partial charge in [0, 0.05) is 17.8 Å². The molecular weight excluding hydrogens is 567 g/mol. The molecule has 1 aromatic heterocycles. The van der Waals surface area contributed by atoms with Crippen molar-refractivity contribution in [3.8, 4) is 0 Å². The standard InChI is InChI=1S/C24H16Cl5F3N2O/c25-18-7-13(1-4-15(18)12-34-22(35)8-14-3-6-21(28)33-11-14)2-5-17(24(30,31)32)16-9-19(26)23(29)20(27)10-16/h1-7,9-11,17H,8,12H2,(H,34,35)/b5-2+. The van der Waals surface area contributed by atoms with Gasteiger partial charge in [0.1, 0.15) is 5.15 Å². The number of alkyl halides is 3. The van der Waals surface area contributed by atoms with Crippen LogP contribution in [0.2, 0.25) is 25.2 Å². The first-order valence-corrected chi connectivity index (χ1v) is 11.9. The predicted molar refractivity (Wildman–Crippen MR) is 136 cm³/mol. The third-order valence-corrected chi connectivity index (χ3v) is 6.68. The molecule has 3 nitrogen and oxygen atoms in total. The summed E-state index contributed by atoms with van der Waals surface area (Å²) in [5.74, 6) is -2.21. The van der Waals surface area contributed by atoms with E-state index in [0.29, 0.717) is 26.9 Å². The molecule has 0 aliphatic rings. The van der Waals surface area contributed by atoms with Gasteiger partial charge in [-0.15, -0.1) is 0 Å². The molecule has 35 heavy (non-hydrogen) atoms. The lowest BCUT2D eigenvalue weighted by atomic mass is 9.97. The van der Waals surface area contributed by atoms with Gasteiger partial charge in [0.2, 0.25) is 5.91 Å². The Hall–Kier alpha value is -1.96. The number of benzene rings is 2. The third kappa shape index (κ3) is 7.76. The van der Waals surface area contributed by atoms with E-state index in [1.165, 1.54) is 18.3 Å². The number of carbonyl (C=O) groups is 1. The molecule has 0 aliphatic heterocycles. The highest BCUT2D eigenvalue weighted by atomic mass is 35.5. The molecule has 1 amide bonds. The normalized spacial score (nSPS) is 12.7. The largest absolute Gasteiger partial charge is 0.399 e. The molecule has 0 spiro atoms. The Morgan fingerprint density at radius 3 is 2.23 bits per heavy atom. The first kappa shape index (κ1) is 27.6. The molecule has 0 fully saturated rings. The van der Waals surface area contributed by atoms with Gasteiger partial charge >= 0.3 is 6.18 Å². The molecule has 3 rings (SSSR count). The van der Waals surface area contributed by atoms with E-state index in [0.717, 1.165) is 18.2 Å². The van der Waals surface area contributed by atoms with Gasteiger partial charge in [-0.1, -0.05) is 88.4 Å². The number of hydrogen-bond acceptors (Lipinski definition) is 2. The second-order valence-corrected chi connectivity index (χ2v) is 9.46. The lowest BCUT2D eigenvalue weighted by Gasteiger charge is -2.18. The van der Waals surface area contributed by atoms with Crippen molar-refractivity contribution in [2.24, 2.45) is 0 Å². The van der Waals surface area contributed by atoms with E-state index in [-0.39, 0.29) is 39.5 Å². The summed E-state index contributed by atoms with van der Waals surface area (Å²) in [4.78, 5) is 16.1. The van der Waals surface area contributed by atoms with E-state index in [2.05, 4.69) is 10.3 Å². The molecule has 11 heteroatoms. The molecule has 1 atom stereocenters. The van der Waals surface area contributed by atoms with Crippen LogP contribution < -0.4 is 5.32 Å². The zero-order chi connectivity index (χ0) is 25.8. The summed E-state index contributed by atoms with van der Waals surface area (Å²) in [6.45, 7) is 0.148. The summed E-state index contributed by atoms with van der Waals surface area (Å²) < 4.78 is 41.2. The molecule has 2 aromatic carbocycles. The average Bonchev–Trinajstić information content (AvgIpc) is 2.77. The highest BCUT2D eigenvalue weighted by molar-refractivity contribution is 6.48. The summed E-state index contributed by atoms with van der Waals surface area (Å²) in [6.07, 6.45) is -0.680. The number of amides is 1. The van der Waals surface area contributed by atoms with E-state index in [4.69, 9.17) is 58.0 Å². The minimum Gasteiger partial charge on any atom is -0.352 e. The van der Waals surface area contributed by atoms with Crippen LogP contribution in [0.15, 0.2) is 54.7 Å². The predicted octanol–water partition coefficient (Wildman–Crippen LogP) is 8.57. The van der Waals surface area contributed by atoms with Crippen LogP contribution in [0.25, 0.3) is 6.08 Å². The van der Waals surface area contributed by atoms with Crippen molar-refractivity contribution in [2.45, 2.75) is 25.1 Å². The molecular formula is C24H16Cl5F3N2O. The molecule has 1 N–H and O–H groups in total. The highest BCUT2D eigenvalue weighted by Gasteiger charge is 2.39. The Kier molecular flexibility index (Phi) is 9.35. The van der Waals surface area contributed by atoms with Crippen LogP contribution in [0.1, 0.15) is 28.2 Å². The fraction of sp³-hybridized carbons (Fsp3) is 0.167. The van der Waals surface area contributed by atoms with Gasteiger partial charge in [0.05, 0.1) is 27.4 Å². The number of carbonyl (C=O) groups excluding carboxylic acids is 1. The summed E-state index contributed by atoms with van der Waals surface area (Å²) >= 11 is 29.7. The monoisotopic (exact) mass is 580 g/mol. The van der Waals surface area contributed by atoms with Crippen LogP contribution in [0.4, 0.5) is 13.2 Å². The van der Waals surface area contributed by atoms with Gasteiger partial charge < -0.3 is 5.32 Å². The van der Waals surface area contributed by atoms with Gasteiger partial charge in [-0.2, -0.15) is 13.2 Å². The van der Waals surface area contributed by atoms with Crippen LogP contribution in [-0.2, 0) is 17.8 Å². The van der Waals surface area contributed by atoms with E-state index in [9.17, 15) is 18.0 Å². The second kappa shape index (κ2) is 11.8. The van der Waals surface area contributed by atoms with Crippen molar-refractivity contribution in [1.29, 1.82) is 0 Å². The topological polar surface area (TPSA) is 42.0 Å². The number of allylic oxidation sites excluding steroid dienone is 1. The molecule has 0 aliphatic carbocycles. The summed E-state index contributed by atoms with van der Waals surface area (Å²) in [5, 5.41) is 3.21. The highest BCUT2D eigenvalue weighted by Crippen LogP contribution is 2.41. The Labute approximate surface area is 224 Å². The van der Waals surface area contributed by atoms with Crippen molar-refractivity contribution in [1.82, 2.24) is 10.3 Å². The summed E-state index contributed by atoms with van der Waals surface area (Å²) in [5.41, 5.74) is 1.60. The van der Waals surface area contributed by atoms with Crippen molar-refractivity contribution < 1.29 is 18.0 Å². The van der Waals surface area contributed by atoms with Crippen molar-refractivity contribution in [2.75, 3.05) is 0 Å². The van der Waals surface area contributed by atoms with Gasteiger partial charge in [0.15, 0.2) is 0 Å². The third-order valence-electron chi connectivity index (χ3n) is 4.91. The van der Waals surface area contributed by atoms with Crippen molar-refractivity contribution in [3.05, 3.63) is 102 Å². The molecule has 0 saturated carbocycles. The molecule has 0 bridgehead atoms. The van der Waals surface area contributed by atoms with Gasteiger partial charge in [-0.25, -0.2) is 4.98 Å². The number of hydrogen-bond donors (Lipinski definition) is 1. The first-order valence-electron chi connectivity index (χ1n) is 9.99. The number of nitrogens with zero attached hydrogens (tertiary/aromatic N) is 1. The number of halogens is 8. The fourth-order valence-electron chi connectivity index (χ4n) is 3.13. The van der Waals surface area contributed by atoms with Crippen LogP contribution in [0, 0.1) is 0 Å². The average molecular weight is 583 g/mol. The van der Waals surface area contributed by atoms with E-state index >= 15 is 0 Å². The Balaban J connectivity index is 1.70. The SMILES string of the molecule is O=C(Cc1ccc(Cl)nc1)NCc1ccc(/C=C/C(c2cc(Cl)c(Cl)c(Cl)c2)C(F)(F)F)cc1Cl. The molecule has 184 valence electrons. The minimum absolute atomic E-state index is 0.0127. The number of nitrogens with one attached hydrogen (secondary N) is 1. The minimum atomic E-state index is -4.59. The maximum atomic E-state index is 13.7.